The van der Waals surface area contributed by atoms with Crippen LogP contribution in [0.3, 0.4) is 0 Å². The minimum absolute atomic E-state index is 0.0177. The molecule has 2 aromatic carbocycles. The third-order valence-electron chi connectivity index (χ3n) is 8.23. The van der Waals surface area contributed by atoms with Gasteiger partial charge in [-0.15, -0.1) is 0 Å². The van der Waals surface area contributed by atoms with Crippen molar-refractivity contribution >= 4 is 28.9 Å². The number of hydrogen-bond acceptors (Lipinski definition) is 3. The van der Waals surface area contributed by atoms with Gasteiger partial charge in [0.25, 0.3) is 11.8 Å². The first-order valence-corrected chi connectivity index (χ1v) is 11.8. The smallest absolute Gasteiger partial charge is 0.258 e. The van der Waals surface area contributed by atoms with Gasteiger partial charge < -0.3 is 10.6 Å². The SMILES string of the molecule is NC1C(=O)N(CC23CC4CC(CC(C4)C2)C3)c2ccc(F)cc2N(c2ccc(F)cc2)C1=O. The van der Waals surface area contributed by atoms with E-state index in [2.05, 4.69) is 0 Å². The van der Waals surface area contributed by atoms with E-state index >= 15 is 0 Å². The number of rotatable bonds is 3. The molecule has 1 heterocycles. The van der Waals surface area contributed by atoms with Crippen molar-refractivity contribution in [1.82, 2.24) is 0 Å². The summed E-state index contributed by atoms with van der Waals surface area (Å²) in [6.07, 6.45) is 7.11. The van der Waals surface area contributed by atoms with E-state index < -0.39 is 29.5 Å². The highest BCUT2D eigenvalue weighted by Gasteiger charge is 2.53. The van der Waals surface area contributed by atoms with Crippen LogP contribution < -0.4 is 15.5 Å². The van der Waals surface area contributed by atoms with Crippen molar-refractivity contribution in [3.8, 4) is 0 Å². The molecule has 5 nitrogen and oxygen atoms in total. The molecule has 0 aromatic heterocycles. The summed E-state index contributed by atoms with van der Waals surface area (Å²) in [6, 6.07) is 8.05. The summed E-state index contributed by atoms with van der Waals surface area (Å²) in [7, 11) is 0. The predicted molar refractivity (Wildman–Crippen MR) is 121 cm³/mol. The highest BCUT2D eigenvalue weighted by molar-refractivity contribution is 6.22. The van der Waals surface area contributed by atoms with E-state index in [1.807, 2.05) is 0 Å². The lowest BCUT2D eigenvalue weighted by Crippen LogP contribution is -2.56. The number of carbonyl (C=O) groups excluding carboxylic acids is 2. The molecule has 4 saturated carbocycles. The summed E-state index contributed by atoms with van der Waals surface area (Å²) >= 11 is 0. The van der Waals surface area contributed by atoms with Crippen molar-refractivity contribution < 1.29 is 18.4 Å². The molecule has 172 valence electrons. The van der Waals surface area contributed by atoms with Crippen molar-refractivity contribution in [3.05, 3.63) is 54.1 Å². The normalized spacial score (nSPS) is 32.8. The quantitative estimate of drug-likeness (QED) is 0.698. The zero-order valence-electron chi connectivity index (χ0n) is 18.3. The Balaban J connectivity index is 1.45. The van der Waals surface area contributed by atoms with Gasteiger partial charge in [-0.3, -0.25) is 14.5 Å². The maximum atomic E-state index is 14.4. The third-order valence-corrected chi connectivity index (χ3v) is 8.23. The lowest BCUT2D eigenvalue weighted by atomic mass is 9.49. The number of carbonyl (C=O) groups is 2. The van der Waals surface area contributed by atoms with E-state index in [-0.39, 0.29) is 11.1 Å². The third kappa shape index (κ3) is 3.36. The second-order valence-corrected chi connectivity index (χ2v) is 10.6. The van der Waals surface area contributed by atoms with E-state index in [1.54, 1.807) is 11.0 Å². The molecule has 5 aliphatic rings. The van der Waals surface area contributed by atoms with Crippen molar-refractivity contribution in [1.29, 1.82) is 0 Å². The summed E-state index contributed by atoms with van der Waals surface area (Å²) < 4.78 is 28.0. The van der Waals surface area contributed by atoms with Gasteiger partial charge >= 0.3 is 0 Å². The number of hydrogen-bond donors (Lipinski definition) is 1. The van der Waals surface area contributed by atoms with Crippen LogP contribution in [0.15, 0.2) is 42.5 Å². The van der Waals surface area contributed by atoms with E-state index in [9.17, 15) is 18.4 Å². The molecule has 0 radical (unpaired) electrons. The van der Waals surface area contributed by atoms with Crippen molar-refractivity contribution in [2.45, 2.75) is 44.6 Å². The van der Waals surface area contributed by atoms with Crippen LogP contribution in [-0.2, 0) is 9.59 Å². The van der Waals surface area contributed by atoms with Crippen LogP contribution in [0.1, 0.15) is 38.5 Å². The van der Waals surface area contributed by atoms with Gasteiger partial charge in [-0.2, -0.15) is 0 Å². The average molecular weight is 452 g/mol. The molecule has 2 N–H and O–H groups in total. The monoisotopic (exact) mass is 451 g/mol. The fourth-order valence-electron chi connectivity index (χ4n) is 7.39. The zero-order chi connectivity index (χ0) is 22.9. The van der Waals surface area contributed by atoms with Crippen LogP contribution in [0.5, 0.6) is 0 Å². The average Bonchev–Trinajstić information content (AvgIpc) is 2.83. The fraction of sp³-hybridized carbons (Fsp3) is 0.462. The van der Waals surface area contributed by atoms with E-state index in [0.29, 0.717) is 35.7 Å². The van der Waals surface area contributed by atoms with Gasteiger partial charge in [0.2, 0.25) is 0 Å². The van der Waals surface area contributed by atoms with Crippen LogP contribution >= 0.6 is 0 Å². The minimum Gasteiger partial charge on any atom is -0.312 e. The van der Waals surface area contributed by atoms with Gasteiger partial charge in [0.05, 0.1) is 11.4 Å². The number of benzene rings is 2. The van der Waals surface area contributed by atoms with Gasteiger partial charge in [-0.1, -0.05) is 0 Å². The maximum absolute atomic E-state index is 14.4. The molecule has 7 heteroatoms. The molecule has 0 saturated heterocycles. The molecule has 33 heavy (non-hydrogen) atoms. The summed E-state index contributed by atoms with van der Waals surface area (Å²) in [4.78, 5) is 29.8. The topological polar surface area (TPSA) is 66.6 Å². The molecule has 2 amide bonds. The number of halogens is 2. The number of fused-ring (bicyclic) bond motifs is 1. The summed E-state index contributed by atoms with van der Waals surface area (Å²) in [6.45, 7) is 0.492. The summed E-state index contributed by atoms with van der Waals surface area (Å²) in [5.41, 5.74) is 7.30. The Bertz CT molecular complexity index is 1100. The Morgan fingerprint density at radius 1 is 0.818 bits per heavy atom. The predicted octanol–water partition coefficient (Wildman–Crippen LogP) is 4.52. The summed E-state index contributed by atoms with van der Waals surface area (Å²) in [5, 5.41) is 0. The molecule has 4 aliphatic carbocycles. The molecule has 1 unspecified atom stereocenters. The summed E-state index contributed by atoms with van der Waals surface area (Å²) in [5.74, 6) is 0.0291. The second kappa shape index (κ2) is 7.35. The van der Waals surface area contributed by atoms with Crippen LogP contribution in [0.2, 0.25) is 0 Å². The van der Waals surface area contributed by atoms with Crippen LogP contribution in [0.25, 0.3) is 0 Å². The molecule has 2 aromatic rings. The maximum Gasteiger partial charge on any atom is 0.258 e. The molecule has 4 bridgehead atoms. The van der Waals surface area contributed by atoms with Gasteiger partial charge in [0, 0.05) is 18.3 Å². The lowest BCUT2D eigenvalue weighted by molar-refractivity contribution is -0.128. The highest BCUT2D eigenvalue weighted by atomic mass is 19.1. The Kier molecular flexibility index (Phi) is 4.63. The molecular weight excluding hydrogens is 424 g/mol. The first-order valence-electron chi connectivity index (χ1n) is 11.8. The minimum atomic E-state index is -1.42. The Morgan fingerprint density at radius 3 is 2.00 bits per heavy atom. The van der Waals surface area contributed by atoms with Crippen molar-refractivity contribution in [2.24, 2.45) is 28.9 Å². The van der Waals surface area contributed by atoms with Crippen LogP contribution in [-0.4, -0.2) is 24.4 Å². The fourth-order valence-corrected chi connectivity index (χ4v) is 7.39. The number of nitrogens with two attached hydrogens (primary N) is 1. The van der Waals surface area contributed by atoms with Gasteiger partial charge in [0.1, 0.15) is 11.6 Å². The largest absolute Gasteiger partial charge is 0.312 e. The Hall–Kier alpha value is -2.80. The van der Waals surface area contributed by atoms with Crippen LogP contribution in [0.4, 0.5) is 25.8 Å². The highest BCUT2D eigenvalue weighted by Crippen LogP contribution is 2.60. The zero-order valence-corrected chi connectivity index (χ0v) is 18.3. The van der Waals surface area contributed by atoms with Gasteiger partial charge in [-0.05, 0) is 98.1 Å². The Morgan fingerprint density at radius 2 is 1.39 bits per heavy atom. The van der Waals surface area contributed by atoms with Gasteiger partial charge in [-0.25, -0.2) is 8.78 Å². The van der Waals surface area contributed by atoms with E-state index in [1.165, 1.54) is 60.6 Å². The first-order chi connectivity index (χ1) is 15.8. The molecular formula is C26H27F2N3O2. The van der Waals surface area contributed by atoms with Crippen molar-refractivity contribution in [3.63, 3.8) is 0 Å². The van der Waals surface area contributed by atoms with Gasteiger partial charge in [0.15, 0.2) is 6.04 Å². The van der Waals surface area contributed by atoms with Crippen LogP contribution in [0, 0.1) is 34.8 Å². The molecule has 1 aliphatic heterocycles. The molecule has 7 rings (SSSR count). The molecule has 1 atom stereocenters. The van der Waals surface area contributed by atoms with Crippen molar-refractivity contribution in [2.75, 3.05) is 16.3 Å². The van der Waals surface area contributed by atoms with E-state index in [4.69, 9.17) is 5.73 Å². The number of anilines is 3. The number of amides is 2. The number of nitrogens with zero attached hydrogens (tertiary/aromatic N) is 2. The lowest BCUT2D eigenvalue weighted by Gasteiger charge is -2.57. The van der Waals surface area contributed by atoms with E-state index in [0.717, 1.165) is 19.3 Å². The molecule has 4 fully saturated rings. The Labute approximate surface area is 191 Å². The second-order valence-electron chi connectivity index (χ2n) is 10.6. The first kappa shape index (κ1) is 20.8. The standard InChI is InChI=1S/C26H27F2N3O2/c27-18-1-4-20(5-2-18)31-22-10-19(28)3-6-21(22)30(24(32)23(29)25(31)33)14-26-11-15-7-16(12-26)9-17(8-15)13-26/h1-6,10,15-17,23H,7-9,11-14,29H2. The molecule has 0 spiro atoms.